The summed E-state index contributed by atoms with van der Waals surface area (Å²) in [5.41, 5.74) is 1.68. The third-order valence-corrected chi connectivity index (χ3v) is 5.56. The van der Waals surface area contributed by atoms with Crippen LogP contribution in [-0.4, -0.2) is 36.5 Å². The van der Waals surface area contributed by atoms with E-state index in [4.69, 9.17) is 9.47 Å². The van der Waals surface area contributed by atoms with E-state index < -0.39 is 11.6 Å². The lowest BCUT2D eigenvalue weighted by Crippen LogP contribution is -2.43. The average Bonchev–Trinajstić information content (AvgIpc) is 3.03. The van der Waals surface area contributed by atoms with Gasteiger partial charge in [-0.05, 0) is 60.7 Å². The molecule has 31 heavy (non-hydrogen) atoms. The molecule has 1 saturated heterocycles. The number of benzene rings is 2. The van der Waals surface area contributed by atoms with Gasteiger partial charge in [-0.2, -0.15) is 0 Å². The van der Waals surface area contributed by atoms with Crippen LogP contribution in [0, 0.1) is 6.92 Å². The molecule has 1 aliphatic heterocycles. The smallest absolute Gasteiger partial charge is 0.338 e. The van der Waals surface area contributed by atoms with Crippen LogP contribution in [0.5, 0.6) is 5.75 Å². The third kappa shape index (κ3) is 4.26. The summed E-state index contributed by atoms with van der Waals surface area (Å²) in [4.78, 5) is 39.3. The van der Waals surface area contributed by atoms with Crippen molar-refractivity contribution in [1.82, 2.24) is 10.2 Å². The summed E-state index contributed by atoms with van der Waals surface area (Å²) in [7, 11) is 1.59. The van der Waals surface area contributed by atoms with Gasteiger partial charge in [0.2, 0.25) is 0 Å². The molecule has 1 aliphatic rings. The Hall–Kier alpha value is -3.35. The Kier molecular flexibility index (Phi) is 6.63. The van der Waals surface area contributed by atoms with Gasteiger partial charge in [-0.25, -0.2) is 9.59 Å². The van der Waals surface area contributed by atoms with Gasteiger partial charge in [0, 0.05) is 0 Å². The molecule has 1 N–H and O–H groups in total. The quantitative estimate of drug-likeness (QED) is 0.513. The van der Waals surface area contributed by atoms with Crippen LogP contribution in [0.15, 0.2) is 42.5 Å². The van der Waals surface area contributed by atoms with Crippen molar-refractivity contribution < 1.29 is 23.9 Å². The number of hydrogen-bond acceptors (Lipinski definition) is 5. The number of nitrogens with zero attached hydrogens (tertiary/aromatic N) is 1. The van der Waals surface area contributed by atoms with Gasteiger partial charge in [0.1, 0.15) is 11.3 Å². The number of hydrogen-bond donors (Lipinski definition) is 1. The zero-order chi connectivity index (χ0) is 22.6. The number of aryl methyl sites for hydroxylation is 1. The molecule has 0 aliphatic carbocycles. The van der Waals surface area contributed by atoms with Gasteiger partial charge in [-0.1, -0.05) is 32.0 Å². The van der Waals surface area contributed by atoms with E-state index in [2.05, 4.69) is 5.32 Å². The first-order chi connectivity index (χ1) is 14.9. The van der Waals surface area contributed by atoms with Gasteiger partial charge in [-0.3, -0.25) is 9.69 Å². The van der Waals surface area contributed by atoms with E-state index in [9.17, 15) is 14.4 Å². The molecule has 0 bridgehead atoms. The first-order valence-electron chi connectivity index (χ1n) is 10.4. The first kappa shape index (κ1) is 22.3. The monoisotopic (exact) mass is 424 g/mol. The molecule has 0 saturated carbocycles. The molecule has 2 aromatic carbocycles. The number of imide groups is 1. The standard InChI is InChI=1S/C24H28N2O5/c1-5-13-31-21(27)18-9-7-17(8-10-18)15-26-22(28)24(6-2,25-23(26)29)19-11-12-20(30-4)16(3)14-19/h7-12,14H,5-6,13,15H2,1-4H3,(H,25,29). The van der Waals surface area contributed by atoms with Gasteiger partial charge < -0.3 is 14.8 Å². The molecule has 0 aromatic heterocycles. The number of methoxy groups -OCH3 is 1. The Bertz CT molecular complexity index is 986. The second kappa shape index (κ2) is 9.20. The van der Waals surface area contributed by atoms with E-state index in [0.29, 0.717) is 18.6 Å². The fraction of sp³-hybridized carbons (Fsp3) is 0.375. The van der Waals surface area contributed by atoms with Gasteiger partial charge in [0.15, 0.2) is 0 Å². The second-order valence-corrected chi connectivity index (χ2v) is 7.60. The summed E-state index contributed by atoms with van der Waals surface area (Å²) in [6, 6.07) is 11.8. The van der Waals surface area contributed by atoms with Crippen LogP contribution in [0.1, 0.15) is 53.7 Å². The van der Waals surface area contributed by atoms with Gasteiger partial charge >= 0.3 is 12.0 Å². The minimum Gasteiger partial charge on any atom is -0.496 e. The van der Waals surface area contributed by atoms with Crippen LogP contribution in [0.25, 0.3) is 0 Å². The van der Waals surface area contributed by atoms with Crippen molar-refractivity contribution in [2.45, 2.75) is 45.7 Å². The second-order valence-electron chi connectivity index (χ2n) is 7.60. The summed E-state index contributed by atoms with van der Waals surface area (Å²) < 4.78 is 10.4. The summed E-state index contributed by atoms with van der Waals surface area (Å²) in [6.45, 7) is 6.19. The zero-order valence-corrected chi connectivity index (χ0v) is 18.4. The minimum atomic E-state index is -1.11. The normalized spacial score (nSPS) is 18.1. The van der Waals surface area contributed by atoms with E-state index in [1.807, 2.05) is 32.9 Å². The van der Waals surface area contributed by atoms with E-state index >= 15 is 0 Å². The van der Waals surface area contributed by atoms with E-state index in [1.54, 1.807) is 37.4 Å². The van der Waals surface area contributed by atoms with E-state index in [0.717, 1.165) is 28.9 Å². The predicted octanol–water partition coefficient (Wildman–Crippen LogP) is 3.93. The van der Waals surface area contributed by atoms with Crippen LogP contribution in [-0.2, 0) is 21.6 Å². The molecular formula is C24H28N2O5. The molecular weight excluding hydrogens is 396 g/mol. The number of ether oxygens (including phenoxy) is 2. The molecule has 0 spiro atoms. The predicted molar refractivity (Wildman–Crippen MR) is 116 cm³/mol. The minimum absolute atomic E-state index is 0.117. The molecule has 1 unspecified atom stereocenters. The molecule has 0 radical (unpaired) electrons. The largest absolute Gasteiger partial charge is 0.496 e. The van der Waals surface area contributed by atoms with E-state index in [-0.39, 0.29) is 18.4 Å². The maximum Gasteiger partial charge on any atom is 0.338 e. The summed E-state index contributed by atoms with van der Waals surface area (Å²) in [5, 5.41) is 2.89. The van der Waals surface area contributed by atoms with Gasteiger partial charge in [0.05, 0.1) is 25.8 Å². The highest BCUT2D eigenvalue weighted by Gasteiger charge is 2.51. The van der Waals surface area contributed by atoms with Crippen molar-refractivity contribution in [3.63, 3.8) is 0 Å². The van der Waals surface area contributed by atoms with Crippen LogP contribution in [0.2, 0.25) is 0 Å². The lowest BCUT2D eigenvalue weighted by atomic mass is 9.86. The molecule has 3 rings (SSSR count). The average molecular weight is 424 g/mol. The number of carbonyl (C=O) groups excluding carboxylic acids is 3. The van der Waals surface area contributed by atoms with Crippen LogP contribution >= 0.6 is 0 Å². The highest BCUT2D eigenvalue weighted by Crippen LogP contribution is 2.35. The maximum absolute atomic E-state index is 13.4. The van der Waals surface area contributed by atoms with Crippen molar-refractivity contribution in [1.29, 1.82) is 0 Å². The number of carbonyl (C=O) groups is 3. The van der Waals surface area contributed by atoms with Crippen LogP contribution in [0.3, 0.4) is 0 Å². The van der Waals surface area contributed by atoms with Crippen molar-refractivity contribution in [3.8, 4) is 5.75 Å². The van der Waals surface area contributed by atoms with Crippen molar-refractivity contribution in [2.24, 2.45) is 0 Å². The van der Waals surface area contributed by atoms with Gasteiger partial charge in [0.25, 0.3) is 5.91 Å². The Morgan fingerprint density at radius 2 is 1.81 bits per heavy atom. The molecule has 1 atom stereocenters. The Morgan fingerprint density at radius 1 is 1.10 bits per heavy atom. The summed E-state index contributed by atoms with van der Waals surface area (Å²) >= 11 is 0. The highest BCUT2D eigenvalue weighted by molar-refractivity contribution is 6.07. The Morgan fingerprint density at radius 3 is 2.39 bits per heavy atom. The summed E-state index contributed by atoms with van der Waals surface area (Å²) in [6.07, 6.45) is 1.17. The number of amides is 3. The van der Waals surface area contributed by atoms with Crippen molar-refractivity contribution in [2.75, 3.05) is 13.7 Å². The number of esters is 1. The lowest BCUT2D eigenvalue weighted by Gasteiger charge is -2.26. The lowest BCUT2D eigenvalue weighted by molar-refractivity contribution is -0.132. The van der Waals surface area contributed by atoms with Crippen molar-refractivity contribution in [3.05, 3.63) is 64.7 Å². The molecule has 3 amide bonds. The fourth-order valence-electron chi connectivity index (χ4n) is 3.76. The number of urea groups is 1. The fourth-order valence-corrected chi connectivity index (χ4v) is 3.76. The molecule has 1 heterocycles. The number of nitrogens with one attached hydrogen (secondary N) is 1. The first-order valence-corrected chi connectivity index (χ1v) is 10.4. The third-order valence-electron chi connectivity index (χ3n) is 5.56. The summed E-state index contributed by atoms with van der Waals surface area (Å²) in [5.74, 6) is 0.0421. The highest BCUT2D eigenvalue weighted by atomic mass is 16.5. The molecule has 7 heteroatoms. The van der Waals surface area contributed by atoms with Crippen LogP contribution < -0.4 is 10.1 Å². The Balaban J connectivity index is 1.81. The van der Waals surface area contributed by atoms with E-state index in [1.165, 1.54) is 4.90 Å². The molecule has 164 valence electrons. The van der Waals surface area contributed by atoms with Gasteiger partial charge in [-0.15, -0.1) is 0 Å². The molecule has 1 fully saturated rings. The molecule has 7 nitrogen and oxygen atoms in total. The maximum atomic E-state index is 13.4. The van der Waals surface area contributed by atoms with Crippen molar-refractivity contribution >= 4 is 17.9 Å². The van der Waals surface area contributed by atoms with Crippen LogP contribution in [0.4, 0.5) is 4.79 Å². The molecule has 2 aromatic rings. The number of rotatable bonds is 8. The Labute approximate surface area is 182 Å². The zero-order valence-electron chi connectivity index (χ0n) is 18.4. The SMILES string of the molecule is CCCOC(=O)c1ccc(CN2C(=O)NC(CC)(c3ccc(OC)c(C)c3)C2=O)cc1. The topological polar surface area (TPSA) is 84.9 Å².